The van der Waals surface area contributed by atoms with Gasteiger partial charge in [0.15, 0.2) is 0 Å². The topological polar surface area (TPSA) is 67.9 Å². The zero-order valence-corrected chi connectivity index (χ0v) is 37.0. The lowest BCUT2D eigenvalue weighted by molar-refractivity contribution is -0.148. The molecule has 1 fully saturated rings. The normalized spacial score (nSPS) is 17.5. The number of amides is 1. The second kappa shape index (κ2) is 34.8. The van der Waals surface area contributed by atoms with Gasteiger partial charge in [0, 0.05) is 6.42 Å². The number of carbonyl (C=O) groups excluding carboxylic acids is 2. The molecule has 0 saturated carbocycles. The number of allylic oxidation sites excluding steroid dienone is 2. The third-order valence-electron chi connectivity index (χ3n) is 11.4. The SMILES string of the molecule is CCCCCCCC/C=C\CCCCCCCC(=O)N[C@@H](COC(=O)CN(CCC)CCC)[C@@H]1OC(C)(C)C[C@@H]1CCCCCCCCCCCCCC. The maximum Gasteiger partial charge on any atom is 0.320 e. The molecule has 6 nitrogen and oxygen atoms in total. The van der Waals surface area contributed by atoms with Crippen LogP contribution in [0.1, 0.15) is 234 Å². The van der Waals surface area contributed by atoms with E-state index in [4.69, 9.17) is 9.47 Å². The zero-order chi connectivity index (χ0) is 39.5. The quantitative estimate of drug-likeness (QED) is 0.0386. The third-order valence-corrected chi connectivity index (χ3v) is 11.4. The van der Waals surface area contributed by atoms with Crippen LogP contribution < -0.4 is 5.32 Å². The molecule has 0 radical (unpaired) electrons. The van der Waals surface area contributed by atoms with Crippen molar-refractivity contribution in [1.29, 1.82) is 0 Å². The average Bonchev–Trinajstić information content (AvgIpc) is 3.45. The van der Waals surface area contributed by atoms with E-state index in [9.17, 15) is 9.59 Å². The molecule has 1 heterocycles. The van der Waals surface area contributed by atoms with Crippen LogP contribution in [0.3, 0.4) is 0 Å². The van der Waals surface area contributed by atoms with Crippen molar-refractivity contribution in [1.82, 2.24) is 10.2 Å². The summed E-state index contributed by atoms with van der Waals surface area (Å²) in [7, 11) is 0. The van der Waals surface area contributed by atoms with Gasteiger partial charge in [0.1, 0.15) is 6.61 Å². The van der Waals surface area contributed by atoms with E-state index in [0.29, 0.717) is 18.9 Å². The molecule has 3 atom stereocenters. The Labute approximate surface area is 336 Å². The van der Waals surface area contributed by atoms with Crippen molar-refractivity contribution in [3.63, 3.8) is 0 Å². The van der Waals surface area contributed by atoms with Crippen LogP contribution in [0.5, 0.6) is 0 Å². The first-order valence-corrected chi connectivity index (χ1v) is 23.8. The molecule has 0 aromatic carbocycles. The van der Waals surface area contributed by atoms with Gasteiger partial charge in [-0.2, -0.15) is 0 Å². The fourth-order valence-corrected chi connectivity index (χ4v) is 8.35. The fourth-order valence-electron chi connectivity index (χ4n) is 8.35. The number of rotatable bonds is 38. The van der Waals surface area contributed by atoms with Crippen LogP contribution in [0.2, 0.25) is 0 Å². The Hall–Kier alpha value is -1.40. The molecule has 0 spiro atoms. The van der Waals surface area contributed by atoms with Gasteiger partial charge in [-0.25, -0.2) is 0 Å². The van der Waals surface area contributed by atoms with E-state index in [1.54, 1.807) is 0 Å². The summed E-state index contributed by atoms with van der Waals surface area (Å²) in [5.41, 5.74) is -0.248. The van der Waals surface area contributed by atoms with Crippen LogP contribution in [-0.4, -0.2) is 60.8 Å². The first-order valence-electron chi connectivity index (χ1n) is 23.8. The summed E-state index contributed by atoms with van der Waals surface area (Å²) < 4.78 is 12.6. The van der Waals surface area contributed by atoms with Gasteiger partial charge in [-0.1, -0.05) is 168 Å². The summed E-state index contributed by atoms with van der Waals surface area (Å²) in [6.45, 7) is 15.5. The van der Waals surface area contributed by atoms with E-state index in [1.165, 1.54) is 148 Å². The highest BCUT2D eigenvalue weighted by Gasteiger charge is 2.44. The van der Waals surface area contributed by atoms with Crippen LogP contribution in [0.4, 0.5) is 0 Å². The highest BCUT2D eigenvalue weighted by atomic mass is 16.5. The minimum absolute atomic E-state index is 0.0599. The Bertz CT molecular complexity index is 899. The molecule has 0 aliphatic carbocycles. The van der Waals surface area contributed by atoms with Gasteiger partial charge < -0.3 is 14.8 Å². The number of nitrogens with zero attached hydrogens (tertiary/aromatic N) is 1. The van der Waals surface area contributed by atoms with Crippen molar-refractivity contribution in [3.05, 3.63) is 12.2 Å². The van der Waals surface area contributed by atoms with Crippen molar-refractivity contribution < 1.29 is 19.1 Å². The van der Waals surface area contributed by atoms with E-state index in [-0.39, 0.29) is 36.2 Å². The van der Waals surface area contributed by atoms with Crippen molar-refractivity contribution >= 4 is 11.9 Å². The number of esters is 1. The van der Waals surface area contributed by atoms with E-state index >= 15 is 0 Å². The smallest absolute Gasteiger partial charge is 0.320 e. The fraction of sp³-hybridized carbons (Fsp3) is 0.917. The molecule has 1 rings (SSSR count). The van der Waals surface area contributed by atoms with E-state index in [0.717, 1.165) is 51.6 Å². The standard InChI is InChI=1S/C48H92N2O4/c1-7-11-13-15-17-19-21-23-24-25-27-29-31-33-35-37-45(51)49-44(42-53-46(52)41-50(38-9-3)39-10-4)47-43(40-48(5,6)54-47)36-34-32-30-28-26-22-20-18-16-14-12-8-2/h23-24,43-44,47H,7-22,25-42H2,1-6H3,(H,49,51)/b24-23-/t43-,44-,47+/m0/s1. The molecular weight excluding hydrogens is 669 g/mol. The first kappa shape index (κ1) is 50.6. The molecule has 0 bridgehead atoms. The third kappa shape index (κ3) is 28.1. The number of carbonyl (C=O) groups is 2. The van der Waals surface area contributed by atoms with Crippen LogP contribution >= 0.6 is 0 Å². The summed E-state index contributed by atoms with van der Waals surface area (Å²) in [4.78, 5) is 28.5. The summed E-state index contributed by atoms with van der Waals surface area (Å²) in [5.74, 6) is 0.205. The van der Waals surface area contributed by atoms with Gasteiger partial charge in [0.05, 0.1) is 24.3 Å². The van der Waals surface area contributed by atoms with E-state index in [2.05, 4.69) is 63.9 Å². The highest BCUT2D eigenvalue weighted by molar-refractivity contribution is 5.76. The predicted molar refractivity (Wildman–Crippen MR) is 232 cm³/mol. The minimum atomic E-state index is -0.320. The maximum atomic E-state index is 13.4. The molecule has 0 aromatic rings. The first-order chi connectivity index (χ1) is 26.3. The van der Waals surface area contributed by atoms with Crippen LogP contribution in [0.25, 0.3) is 0 Å². The van der Waals surface area contributed by atoms with E-state index in [1.807, 2.05) is 0 Å². The molecule has 1 aliphatic heterocycles. The molecule has 0 aromatic heterocycles. The van der Waals surface area contributed by atoms with Crippen molar-refractivity contribution in [2.24, 2.45) is 5.92 Å². The molecule has 6 heteroatoms. The average molecular weight is 761 g/mol. The molecular formula is C48H92N2O4. The molecule has 54 heavy (non-hydrogen) atoms. The van der Waals surface area contributed by atoms with Gasteiger partial charge in [0.25, 0.3) is 0 Å². The zero-order valence-electron chi connectivity index (χ0n) is 37.0. The summed E-state index contributed by atoms with van der Waals surface area (Å²) in [6, 6.07) is -0.320. The molecule has 318 valence electrons. The summed E-state index contributed by atoms with van der Waals surface area (Å²) in [6.07, 6.45) is 41.5. The number of hydrogen-bond acceptors (Lipinski definition) is 5. The monoisotopic (exact) mass is 761 g/mol. The minimum Gasteiger partial charge on any atom is -0.462 e. The molecule has 0 unspecified atom stereocenters. The Morgan fingerprint density at radius 3 is 1.63 bits per heavy atom. The lowest BCUT2D eigenvalue weighted by Gasteiger charge is -2.30. The van der Waals surface area contributed by atoms with Gasteiger partial charge in [-0.15, -0.1) is 0 Å². The maximum absolute atomic E-state index is 13.4. The Morgan fingerprint density at radius 2 is 1.13 bits per heavy atom. The second-order valence-electron chi connectivity index (χ2n) is 17.5. The van der Waals surface area contributed by atoms with Crippen LogP contribution in [0, 0.1) is 5.92 Å². The van der Waals surface area contributed by atoms with E-state index < -0.39 is 0 Å². The summed E-state index contributed by atoms with van der Waals surface area (Å²) in [5, 5.41) is 3.32. The molecule has 1 aliphatic rings. The van der Waals surface area contributed by atoms with Crippen molar-refractivity contribution in [2.45, 2.75) is 252 Å². The highest BCUT2D eigenvalue weighted by Crippen LogP contribution is 2.39. The Balaban J connectivity index is 2.56. The number of unbranched alkanes of at least 4 members (excludes halogenated alkanes) is 22. The largest absolute Gasteiger partial charge is 0.462 e. The Kier molecular flexibility index (Phi) is 32.6. The predicted octanol–water partition coefficient (Wildman–Crippen LogP) is 13.4. The van der Waals surface area contributed by atoms with Gasteiger partial charge >= 0.3 is 5.97 Å². The lowest BCUT2D eigenvalue weighted by atomic mass is 9.86. The van der Waals surface area contributed by atoms with Crippen molar-refractivity contribution in [3.8, 4) is 0 Å². The van der Waals surface area contributed by atoms with Crippen molar-refractivity contribution in [2.75, 3.05) is 26.2 Å². The Morgan fingerprint density at radius 1 is 0.667 bits per heavy atom. The molecule has 1 saturated heterocycles. The number of ether oxygens (including phenoxy) is 2. The van der Waals surface area contributed by atoms with Gasteiger partial charge in [0.2, 0.25) is 5.91 Å². The number of nitrogens with one attached hydrogen (secondary N) is 1. The van der Waals surface area contributed by atoms with Crippen LogP contribution in [-0.2, 0) is 19.1 Å². The van der Waals surface area contributed by atoms with Crippen LogP contribution in [0.15, 0.2) is 12.2 Å². The molecule has 1 amide bonds. The summed E-state index contributed by atoms with van der Waals surface area (Å²) >= 11 is 0. The lowest BCUT2D eigenvalue weighted by Crippen LogP contribution is -2.49. The number of hydrogen-bond donors (Lipinski definition) is 1. The molecule has 1 N–H and O–H groups in total. The van der Waals surface area contributed by atoms with Gasteiger partial charge in [-0.05, 0) is 90.6 Å². The second-order valence-corrected chi connectivity index (χ2v) is 17.5. The van der Waals surface area contributed by atoms with Gasteiger partial charge in [-0.3, -0.25) is 14.5 Å².